The summed E-state index contributed by atoms with van der Waals surface area (Å²) < 4.78 is 1.02. The van der Waals surface area contributed by atoms with Gasteiger partial charge in [-0.25, -0.2) is 0 Å². The van der Waals surface area contributed by atoms with Crippen LogP contribution in [0, 0.1) is 16.7 Å². The van der Waals surface area contributed by atoms with Crippen LogP contribution >= 0.6 is 15.9 Å². The Labute approximate surface area is 124 Å². The first-order valence-corrected chi connectivity index (χ1v) is 7.76. The number of hydrogen-bond acceptors (Lipinski definition) is 2. The molecule has 0 spiro atoms. The van der Waals surface area contributed by atoms with Crippen LogP contribution in [-0.2, 0) is 0 Å². The minimum atomic E-state index is 0.464. The summed E-state index contributed by atoms with van der Waals surface area (Å²) in [7, 11) is 0. The molecule has 0 heterocycles. The zero-order valence-corrected chi connectivity index (χ0v) is 13.3. The zero-order valence-electron chi connectivity index (χ0n) is 11.7. The quantitative estimate of drug-likeness (QED) is 0.770. The van der Waals surface area contributed by atoms with Gasteiger partial charge in [-0.15, -0.1) is 0 Å². The van der Waals surface area contributed by atoms with Gasteiger partial charge in [-0.05, 0) is 49.3 Å². The Balaban J connectivity index is 2.09. The maximum Gasteiger partial charge on any atom is 0.101 e. The highest BCUT2D eigenvalue weighted by atomic mass is 79.9. The summed E-state index contributed by atoms with van der Waals surface area (Å²) in [6.45, 7) is 4.71. The number of nitrogens with one attached hydrogen (secondary N) is 1. The van der Waals surface area contributed by atoms with E-state index in [0.29, 0.717) is 11.5 Å². The molecule has 102 valence electrons. The average Bonchev–Trinajstić information content (AvgIpc) is 2.51. The van der Waals surface area contributed by atoms with Gasteiger partial charge >= 0.3 is 0 Å². The van der Waals surface area contributed by atoms with Crippen LogP contribution in [0.5, 0.6) is 0 Å². The highest BCUT2D eigenvalue weighted by molar-refractivity contribution is 9.10. The number of halogens is 1. The van der Waals surface area contributed by atoms with Crippen LogP contribution in [-0.4, -0.2) is 6.04 Å². The first-order chi connectivity index (χ1) is 9.00. The van der Waals surface area contributed by atoms with Crippen molar-refractivity contribution in [3.63, 3.8) is 0 Å². The van der Waals surface area contributed by atoms with Gasteiger partial charge < -0.3 is 5.32 Å². The molecule has 3 heteroatoms. The summed E-state index contributed by atoms with van der Waals surface area (Å²) in [5.74, 6) is 0. The molecule has 1 unspecified atom stereocenters. The molecule has 1 aromatic rings. The van der Waals surface area contributed by atoms with Crippen molar-refractivity contribution >= 4 is 21.6 Å². The molecule has 0 saturated heterocycles. The van der Waals surface area contributed by atoms with Crippen molar-refractivity contribution in [2.45, 2.75) is 52.0 Å². The van der Waals surface area contributed by atoms with E-state index in [4.69, 9.17) is 0 Å². The van der Waals surface area contributed by atoms with Crippen LogP contribution in [0.4, 0.5) is 5.69 Å². The van der Waals surface area contributed by atoms with E-state index >= 15 is 0 Å². The molecule has 1 atom stereocenters. The molecule has 1 aromatic carbocycles. The van der Waals surface area contributed by atoms with Gasteiger partial charge in [0.2, 0.25) is 0 Å². The summed E-state index contributed by atoms with van der Waals surface area (Å²) in [6.07, 6.45) is 6.20. The maximum atomic E-state index is 9.17. The maximum absolute atomic E-state index is 9.17. The Morgan fingerprint density at radius 2 is 2.11 bits per heavy atom. The molecule has 0 aliphatic heterocycles. The number of benzene rings is 1. The second kappa shape index (κ2) is 5.96. The van der Waals surface area contributed by atoms with E-state index in [1.165, 1.54) is 32.1 Å². The lowest BCUT2D eigenvalue weighted by Crippen LogP contribution is -2.19. The molecular weight excluding hydrogens is 300 g/mol. The lowest BCUT2D eigenvalue weighted by atomic mass is 9.85. The van der Waals surface area contributed by atoms with Crippen LogP contribution in [0.1, 0.15) is 51.5 Å². The minimum absolute atomic E-state index is 0.464. The van der Waals surface area contributed by atoms with Gasteiger partial charge in [-0.3, -0.25) is 0 Å². The normalized spacial score (nSPS) is 22.3. The molecular formula is C16H21BrN2. The van der Waals surface area contributed by atoms with E-state index in [9.17, 15) is 5.26 Å². The Kier molecular flexibility index (Phi) is 4.52. The van der Waals surface area contributed by atoms with Gasteiger partial charge in [0.15, 0.2) is 0 Å². The van der Waals surface area contributed by atoms with Crippen molar-refractivity contribution in [3.05, 3.63) is 28.2 Å². The fraction of sp³-hybridized carbons (Fsp3) is 0.562. The molecule has 1 saturated carbocycles. The van der Waals surface area contributed by atoms with Gasteiger partial charge in [0.1, 0.15) is 6.07 Å². The van der Waals surface area contributed by atoms with E-state index in [1.807, 2.05) is 18.2 Å². The Hall–Kier alpha value is -1.01. The van der Waals surface area contributed by atoms with E-state index < -0.39 is 0 Å². The molecule has 1 fully saturated rings. The van der Waals surface area contributed by atoms with E-state index in [-0.39, 0.29) is 0 Å². The van der Waals surface area contributed by atoms with Gasteiger partial charge in [-0.1, -0.05) is 36.2 Å². The number of nitriles is 1. The molecule has 0 bridgehead atoms. The SMILES string of the molecule is CC1(C)CCCC(Nc2cc(Br)ccc2C#N)CC1. The largest absolute Gasteiger partial charge is 0.381 e. The van der Waals surface area contributed by atoms with Crippen molar-refractivity contribution in [1.82, 2.24) is 0 Å². The lowest BCUT2D eigenvalue weighted by Gasteiger charge is -2.22. The summed E-state index contributed by atoms with van der Waals surface area (Å²) in [4.78, 5) is 0. The number of rotatable bonds is 2. The Bertz CT molecular complexity index is 488. The fourth-order valence-corrected chi connectivity index (χ4v) is 3.12. The summed E-state index contributed by atoms with van der Waals surface area (Å²) in [6, 6.07) is 8.54. The van der Waals surface area contributed by atoms with E-state index in [0.717, 1.165) is 15.7 Å². The van der Waals surface area contributed by atoms with E-state index in [2.05, 4.69) is 41.2 Å². The van der Waals surface area contributed by atoms with Crippen LogP contribution in [0.15, 0.2) is 22.7 Å². The molecule has 1 aliphatic carbocycles. The monoisotopic (exact) mass is 320 g/mol. The van der Waals surface area contributed by atoms with Crippen molar-refractivity contribution in [1.29, 1.82) is 5.26 Å². The van der Waals surface area contributed by atoms with Crippen molar-refractivity contribution < 1.29 is 0 Å². The first-order valence-electron chi connectivity index (χ1n) is 6.96. The average molecular weight is 321 g/mol. The molecule has 0 amide bonds. The first kappa shape index (κ1) is 14.4. The second-order valence-corrected chi connectivity index (χ2v) is 7.15. The topological polar surface area (TPSA) is 35.8 Å². The number of hydrogen-bond donors (Lipinski definition) is 1. The highest BCUT2D eigenvalue weighted by Gasteiger charge is 2.24. The predicted molar refractivity (Wildman–Crippen MR) is 83.1 cm³/mol. The third-order valence-corrected chi connectivity index (χ3v) is 4.53. The standard InChI is InChI=1S/C16H21BrN2/c1-16(2)8-3-4-14(7-9-16)19-15-10-13(17)6-5-12(15)11-18/h5-6,10,14,19H,3-4,7-9H2,1-2H3. The highest BCUT2D eigenvalue weighted by Crippen LogP contribution is 2.35. The van der Waals surface area contributed by atoms with Gasteiger partial charge in [0.25, 0.3) is 0 Å². The molecule has 1 N–H and O–H groups in total. The molecule has 1 aliphatic rings. The molecule has 2 nitrogen and oxygen atoms in total. The van der Waals surface area contributed by atoms with Crippen LogP contribution < -0.4 is 5.32 Å². The predicted octanol–water partition coefficient (Wildman–Crippen LogP) is 5.09. The van der Waals surface area contributed by atoms with Crippen molar-refractivity contribution in [3.8, 4) is 6.07 Å². The molecule has 2 rings (SSSR count). The van der Waals surface area contributed by atoms with Crippen molar-refractivity contribution in [2.75, 3.05) is 5.32 Å². The van der Waals surface area contributed by atoms with Crippen LogP contribution in [0.2, 0.25) is 0 Å². The number of nitrogens with zero attached hydrogens (tertiary/aromatic N) is 1. The summed E-state index contributed by atoms with van der Waals surface area (Å²) >= 11 is 3.47. The molecule has 0 aromatic heterocycles. The smallest absolute Gasteiger partial charge is 0.101 e. The van der Waals surface area contributed by atoms with Crippen LogP contribution in [0.25, 0.3) is 0 Å². The third kappa shape index (κ3) is 3.98. The van der Waals surface area contributed by atoms with Crippen molar-refractivity contribution in [2.24, 2.45) is 5.41 Å². The lowest BCUT2D eigenvalue weighted by molar-refractivity contribution is 0.313. The number of anilines is 1. The van der Waals surface area contributed by atoms with E-state index in [1.54, 1.807) is 0 Å². The zero-order chi connectivity index (χ0) is 13.9. The van der Waals surface area contributed by atoms with Gasteiger partial charge in [0.05, 0.1) is 11.3 Å². The van der Waals surface area contributed by atoms with Crippen LogP contribution in [0.3, 0.4) is 0 Å². The Morgan fingerprint density at radius 1 is 1.32 bits per heavy atom. The fourth-order valence-electron chi connectivity index (χ4n) is 2.76. The summed E-state index contributed by atoms with van der Waals surface area (Å²) in [5, 5.41) is 12.7. The third-order valence-electron chi connectivity index (χ3n) is 4.04. The minimum Gasteiger partial charge on any atom is -0.381 e. The molecule has 19 heavy (non-hydrogen) atoms. The Morgan fingerprint density at radius 3 is 2.84 bits per heavy atom. The second-order valence-electron chi connectivity index (χ2n) is 6.24. The van der Waals surface area contributed by atoms with Gasteiger partial charge in [0, 0.05) is 10.5 Å². The molecule has 0 radical (unpaired) electrons. The summed E-state index contributed by atoms with van der Waals surface area (Å²) in [5.41, 5.74) is 2.15. The van der Waals surface area contributed by atoms with Gasteiger partial charge in [-0.2, -0.15) is 5.26 Å².